The van der Waals surface area contributed by atoms with Crippen molar-refractivity contribution in [2.45, 2.75) is 0 Å². The molecule has 0 amide bonds. The molecule has 0 fully saturated rings. The minimum atomic E-state index is 0. The maximum Gasteiger partial charge on any atom is 0.132 e. The van der Waals surface area contributed by atoms with Crippen LogP contribution in [-0.4, -0.2) is 26.1 Å². The van der Waals surface area contributed by atoms with E-state index in [1.165, 1.54) is 16.3 Å². The molecule has 244 valence electrons. The number of pyridine rings is 1. The van der Waals surface area contributed by atoms with Gasteiger partial charge in [-0.1, -0.05) is 71.7 Å². The molecule has 0 spiro atoms. The second-order valence-electron chi connectivity index (χ2n) is 12.6. The number of nitrogens with zero attached hydrogens (tertiary/aromatic N) is 6. The summed E-state index contributed by atoms with van der Waals surface area (Å²) in [5, 5.41) is 4.63. The second-order valence-corrected chi connectivity index (χ2v) is 12.6. The third-order valence-electron chi connectivity index (χ3n) is 9.72. The Morgan fingerprint density at radius 3 is 2.32 bits per heavy atom. The summed E-state index contributed by atoms with van der Waals surface area (Å²) in [6.07, 6.45) is 1.85. The molecule has 50 heavy (non-hydrogen) atoms. The maximum absolute atomic E-state index is 5.11. The molecule has 1 aliphatic rings. The number of hydrogen-bond acceptors (Lipinski definition) is 4. The average molecular weight is 825 g/mol. The van der Waals surface area contributed by atoms with E-state index in [2.05, 4.69) is 173 Å². The van der Waals surface area contributed by atoms with E-state index in [4.69, 9.17) is 9.97 Å². The van der Waals surface area contributed by atoms with Crippen molar-refractivity contribution in [1.29, 1.82) is 0 Å². The average Bonchev–Trinajstić information content (AvgIpc) is 3.79. The summed E-state index contributed by atoms with van der Waals surface area (Å²) in [5.41, 5.74) is 11.2. The van der Waals surface area contributed by atoms with Crippen LogP contribution in [0.25, 0.3) is 71.9 Å². The van der Waals surface area contributed by atoms with Crippen LogP contribution >= 0.6 is 0 Å². The molecule has 0 radical (unpaired) electrons. The van der Waals surface area contributed by atoms with Crippen molar-refractivity contribution in [3.05, 3.63) is 152 Å². The monoisotopic (exact) mass is 824 g/mol. The maximum atomic E-state index is 5.11. The van der Waals surface area contributed by atoms with Gasteiger partial charge in [-0.15, -0.1) is 47.6 Å². The number of fused-ring (bicyclic) bond motifs is 6. The van der Waals surface area contributed by atoms with E-state index in [0.717, 1.165) is 72.7 Å². The zero-order valence-electron chi connectivity index (χ0n) is 27.3. The molecule has 0 bridgehead atoms. The van der Waals surface area contributed by atoms with Crippen LogP contribution < -0.4 is 9.80 Å². The van der Waals surface area contributed by atoms with E-state index in [1.807, 2.05) is 12.3 Å². The fourth-order valence-electron chi connectivity index (χ4n) is 7.28. The van der Waals surface area contributed by atoms with Crippen molar-refractivity contribution in [1.82, 2.24) is 19.1 Å². The predicted octanol–water partition coefficient (Wildman–Crippen LogP) is 9.86. The van der Waals surface area contributed by atoms with Gasteiger partial charge in [0.15, 0.2) is 0 Å². The molecule has 10 rings (SSSR count). The summed E-state index contributed by atoms with van der Waals surface area (Å²) in [6.45, 7) is 2.10. The fraction of sp³-hybridized carbons (Fsp3) is 0.0465. The van der Waals surface area contributed by atoms with Crippen molar-refractivity contribution in [3.63, 3.8) is 0 Å². The minimum absolute atomic E-state index is 0. The fourth-order valence-corrected chi connectivity index (χ4v) is 7.28. The van der Waals surface area contributed by atoms with Gasteiger partial charge in [0.05, 0.1) is 16.9 Å². The quantitative estimate of drug-likeness (QED) is 0.166. The first-order valence-corrected chi connectivity index (χ1v) is 16.4. The molecule has 0 unspecified atom stereocenters. The first kappa shape index (κ1) is 30.4. The van der Waals surface area contributed by atoms with E-state index in [9.17, 15) is 0 Å². The number of imidazole rings is 1. The third kappa shape index (κ3) is 4.67. The van der Waals surface area contributed by atoms with Crippen LogP contribution in [0.3, 0.4) is 0 Å². The van der Waals surface area contributed by atoms with Crippen LogP contribution in [0, 0.1) is 18.8 Å². The molecule has 1 aliphatic heterocycles. The summed E-state index contributed by atoms with van der Waals surface area (Å²) in [7, 11) is 4.16. The van der Waals surface area contributed by atoms with Crippen LogP contribution in [-0.2, 0) is 28.1 Å². The largest absolute Gasteiger partial charge is 0.504 e. The van der Waals surface area contributed by atoms with E-state index >= 15 is 0 Å². The number of hydrogen-bond donors (Lipinski definition) is 0. The number of benzene rings is 6. The smallest absolute Gasteiger partial charge is 0.132 e. The molecule has 0 atom stereocenters. The molecule has 3 aromatic heterocycles. The summed E-state index contributed by atoms with van der Waals surface area (Å²) in [4.78, 5) is 14.3. The van der Waals surface area contributed by atoms with Gasteiger partial charge in [-0.05, 0) is 76.2 Å². The molecule has 0 N–H and O–H groups in total. The van der Waals surface area contributed by atoms with E-state index in [0.29, 0.717) is 0 Å². The minimum Gasteiger partial charge on any atom is -0.504 e. The first-order chi connectivity index (χ1) is 24.1. The van der Waals surface area contributed by atoms with Crippen LogP contribution in [0.15, 0.2) is 134 Å². The van der Waals surface area contributed by atoms with Crippen LogP contribution in [0.2, 0.25) is 0 Å². The van der Waals surface area contributed by atoms with Crippen molar-refractivity contribution in [2.75, 3.05) is 16.8 Å². The Labute approximate surface area is 304 Å². The van der Waals surface area contributed by atoms with E-state index < -0.39 is 0 Å². The Kier molecular flexibility index (Phi) is 7.11. The van der Waals surface area contributed by atoms with Gasteiger partial charge in [0, 0.05) is 45.7 Å². The normalized spacial score (nSPS) is 12.7. The summed E-state index contributed by atoms with van der Waals surface area (Å²) in [5.74, 6) is 0.862. The van der Waals surface area contributed by atoms with Crippen LogP contribution in [0.1, 0.15) is 0 Å². The third-order valence-corrected chi connectivity index (χ3v) is 9.72. The molecule has 6 nitrogen and oxygen atoms in total. The Morgan fingerprint density at radius 2 is 1.42 bits per heavy atom. The van der Waals surface area contributed by atoms with Crippen LogP contribution in [0.5, 0.6) is 0 Å². The molecule has 9 aromatic rings. The van der Waals surface area contributed by atoms with Crippen molar-refractivity contribution < 1.29 is 21.1 Å². The van der Waals surface area contributed by atoms with E-state index in [1.54, 1.807) is 0 Å². The van der Waals surface area contributed by atoms with Gasteiger partial charge in [0.25, 0.3) is 0 Å². The molecule has 0 aliphatic carbocycles. The zero-order chi connectivity index (χ0) is 32.6. The van der Waals surface area contributed by atoms with Gasteiger partial charge >= 0.3 is 0 Å². The Hall–Kier alpha value is -5.71. The number of aromatic nitrogens is 4. The van der Waals surface area contributed by atoms with Gasteiger partial charge in [0.2, 0.25) is 0 Å². The molecule has 0 saturated heterocycles. The van der Waals surface area contributed by atoms with Gasteiger partial charge in [-0.3, -0.25) is 4.98 Å². The molecule has 7 heteroatoms. The molecular formula is C43H29N6Pt-3. The number of rotatable bonds is 4. The Bertz CT molecular complexity index is 2760. The standard InChI is InChI=1S/C43H29N6.Pt/c1-46-27-48(39-15-6-5-14-38(39)46)33-11-7-12-34(26-33)49-40-25-32(18-20-35(40)36-13-8-22-44-43(36)49)42-45-37-21-19-31(24-41(37)47(42)2)30-17-16-28-9-3-4-10-29(28)23-30;/h3-24,27H,1-2H3;/q-3;. The van der Waals surface area contributed by atoms with Gasteiger partial charge in [-0.25, -0.2) is 4.98 Å². The predicted molar refractivity (Wildman–Crippen MR) is 200 cm³/mol. The second kappa shape index (κ2) is 11.7. The SMILES string of the molecule is CN1[CH-]N(c2[c-]c(-n3c4[c-]c(-c5nc6ccc(-c7ccc8ccccc8c7)cc6n5C)ccc4c4cccnc43)ccc2)c2ccccc21.[Pt]. The zero-order valence-corrected chi connectivity index (χ0v) is 29.6. The van der Waals surface area contributed by atoms with Crippen molar-refractivity contribution in [2.24, 2.45) is 7.05 Å². The van der Waals surface area contributed by atoms with Crippen molar-refractivity contribution >= 4 is 60.8 Å². The number of anilines is 3. The topological polar surface area (TPSA) is 42.1 Å². The summed E-state index contributed by atoms with van der Waals surface area (Å²) < 4.78 is 4.34. The number of aryl methyl sites for hydroxylation is 1. The van der Waals surface area contributed by atoms with Gasteiger partial charge in [0.1, 0.15) is 5.65 Å². The summed E-state index contributed by atoms with van der Waals surface area (Å²) in [6, 6.07) is 52.2. The molecular weight excluding hydrogens is 796 g/mol. The van der Waals surface area contributed by atoms with Crippen LogP contribution in [0.4, 0.5) is 17.1 Å². The number of para-hydroxylation sites is 2. The molecule has 6 aromatic carbocycles. The Morgan fingerprint density at radius 1 is 0.640 bits per heavy atom. The van der Waals surface area contributed by atoms with Gasteiger partial charge < -0.3 is 18.9 Å². The first-order valence-electron chi connectivity index (χ1n) is 16.4. The van der Waals surface area contributed by atoms with Gasteiger partial charge in [-0.2, -0.15) is 12.7 Å². The summed E-state index contributed by atoms with van der Waals surface area (Å²) >= 11 is 0. The van der Waals surface area contributed by atoms with E-state index in [-0.39, 0.29) is 21.1 Å². The Balaban J connectivity index is 0.00000336. The molecule has 0 saturated carbocycles. The molecule has 4 heterocycles. The van der Waals surface area contributed by atoms with Crippen molar-refractivity contribution in [3.8, 4) is 28.2 Å².